The van der Waals surface area contributed by atoms with E-state index in [0.29, 0.717) is 21.5 Å². The highest BCUT2D eigenvalue weighted by Crippen LogP contribution is 2.38. The number of nitrogens with one attached hydrogen (secondary N) is 1. The molecule has 0 fully saturated rings. The van der Waals surface area contributed by atoms with Crippen LogP contribution in [-0.2, 0) is 5.41 Å². The zero-order chi connectivity index (χ0) is 20.4. The van der Waals surface area contributed by atoms with Gasteiger partial charge in [-0.15, -0.1) is 6.58 Å². The fraction of sp³-hybridized carbons (Fsp3) is 0.389. The van der Waals surface area contributed by atoms with E-state index in [1.165, 1.54) is 6.20 Å². The number of halogens is 2. The van der Waals surface area contributed by atoms with Gasteiger partial charge < -0.3 is 16.2 Å². The van der Waals surface area contributed by atoms with Crippen molar-refractivity contribution in [2.45, 2.75) is 45.2 Å². The number of hydrogen-bond acceptors (Lipinski definition) is 4. The van der Waals surface area contributed by atoms with Gasteiger partial charge in [0.1, 0.15) is 0 Å². The lowest BCUT2D eigenvalue weighted by Gasteiger charge is -2.25. The quantitative estimate of drug-likeness (QED) is 0.655. The van der Waals surface area contributed by atoms with Gasteiger partial charge in [-0.1, -0.05) is 26.8 Å². The summed E-state index contributed by atoms with van der Waals surface area (Å²) in [6.45, 7) is 6.51. The standard InChI is InChI=1S/C18H23F2N5O2/c1-5-6-13(24-17(26)27)14-7-10(11(8-22-14)18(2,3)4)15-12(21)9-23-25(15)16(19)20/h5,7-9,13,16,24H,1,6,21H2,2-4H3,(H,26,27). The van der Waals surface area contributed by atoms with E-state index in [-0.39, 0.29) is 17.8 Å². The summed E-state index contributed by atoms with van der Waals surface area (Å²) in [6.07, 6.45) is 3.36. The Hall–Kier alpha value is -2.97. The van der Waals surface area contributed by atoms with Crippen LogP contribution in [0.4, 0.5) is 19.3 Å². The second-order valence-electron chi connectivity index (χ2n) is 7.10. The van der Waals surface area contributed by atoms with E-state index in [4.69, 9.17) is 10.8 Å². The maximum atomic E-state index is 13.4. The summed E-state index contributed by atoms with van der Waals surface area (Å²) in [7, 11) is 0. The first-order chi connectivity index (χ1) is 12.6. The molecule has 146 valence electrons. The van der Waals surface area contributed by atoms with Gasteiger partial charge in [-0.05, 0) is 23.5 Å². The van der Waals surface area contributed by atoms with Crippen LogP contribution in [-0.4, -0.2) is 26.0 Å². The zero-order valence-electron chi connectivity index (χ0n) is 15.4. The molecule has 0 saturated heterocycles. The molecule has 0 bridgehead atoms. The number of alkyl halides is 2. The molecule has 0 aromatic carbocycles. The maximum absolute atomic E-state index is 13.4. The van der Waals surface area contributed by atoms with E-state index in [2.05, 4.69) is 22.0 Å². The first-order valence-electron chi connectivity index (χ1n) is 8.28. The molecular formula is C18H23F2N5O2. The predicted octanol–water partition coefficient (Wildman–Crippen LogP) is 4.10. The average Bonchev–Trinajstić information content (AvgIpc) is 2.94. The van der Waals surface area contributed by atoms with Crippen molar-refractivity contribution < 1.29 is 18.7 Å². The van der Waals surface area contributed by atoms with Crippen molar-refractivity contribution in [3.63, 3.8) is 0 Å². The molecule has 4 N–H and O–H groups in total. The van der Waals surface area contributed by atoms with Gasteiger partial charge in [0.25, 0.3) is 0 Å². The van der Waals surface area contributed by atoms with Crippen LogP contribution in [0.1, 0.15) is 51.0 Å². The molecular weight excluding hydrogens is 356 g/mol. The van der Waals surface area contributed by atoms with E-state index in [0.717, 1.165) is 0 Å². The second kappa shape index (κ2) is 7.73. The van der Waals surface area contributed by atoms with E-state index < -0.39 is 24.1 Å². The zero-order valence-corrected chi connectivity index (χ0v) is 15.4. The lowest BCUT2D eigenvalue weighted by molar-refractivity contribution is 0.0585. The Bertz CT molecular complexity index is 843. The summed E-state index contributed by atoms with van der Waals surface area (Å²) >= 11 is 0. The van der Waals surface area contributed by atoms with Crippen LogP contribution in [0.15, 0.2) is 31.1 Å². The monoisotopic (exact) mass is 379 g/mol. The minimum absolute atomic E-state index is 0.0752. The van der Waals surface area contributed by atoms with Crippen molar-refractivity contribution in [3.05, 3.63) is 42.4 Å². The van der Waals surface area contributed by atoms with Crippen molar-refractivity contribution in [1.82, 2.24) is 20.1 Å². The second-order valence-corrected chi connectivity index (χ2v) is 7.10. The average molecular weight is 379 g/mol. The molecule has 1 amide bonds. The van der Waals surface area contributed by atoms with Crippen molar-refractivity contribution in [2.24, 2.45) is 0 Å². The van der Waals surface area contributed by atoms with E-state index >= 15 is 0 Å². The third-order valence-electron chi connectivity index (χ3n) is 4.05. The lowest BCUT2D eigenvalue weighted by Crippen LogP contribution is -2.27. The SMILES string of the molecule is C=CCC(NC(=O)O)c1cc(-c2c(N)cnn2C(F)F)c(C(C)(C)C)cn1. The highest BCUT2D eigenvalue weighted by Gasteiger charge is 2.27. The molecule has 1 atom stereocenters. The number of carbonyl (C=O) groups is 1. The first kappa shape index (κ1) is 20.3. The third kappa shape index (κ3) is 4.42. The first-order valence-corrected chi connectivity index (χ1v) is 8.28. The number of nitrogens with two attached hydrogens (primary N) is 1. The van der Waals surface area contributed by atoms with Crippen molar-refractivity contribution in [2.75, 3.05) is 5.73 Å². The summed E-state index contributed by atoms with van der Waals surface area (Å²) in [6, 6.07) is 0.911. The number of carboxylic acid groups (broad SMARTS) is 1. The van der Waals surface area contributed by atoms with E-state index in [1.54, 1.807) is 18.3 Å². The Morgan fingerprint density at radius 3 is 2.63 bits per heavy atom. The maximum Gasteiger partial charge on any atom is 0.405 e. The van der Waals surface area contributed by atoms with Crippen LogP contribution >= 0.6 is 0 Å². The molecule has 1 unspecified atom stereocenters. The molecule has 2 rings (SSSR count). The predicted molar refractivity (Wildman–Crippen MR) is 98.5 cm³/mol. The molecule has 7 nitrogen and oxygen atoms in total. The molecule has 9 heteroatoms. The number of nitrogen functional groups attached to an aromatic ring is 1. The number of hydrogen-bond donors (Lipinski definition) is 3. The molecule has 0 saturated carbocycles. The molecule has 27 heavy (non-hydrogen) atoms. The molecule has 0 aliphatic heterocycles. The fourth-order valence-electron chi connectivity index (χ4n) is 2.83. The van der Waals surface area contributed by atoms with Crippen LogP contribution in [0, 0.1) is 0 Å². The number of pyridine rings is 1. The topological polar surface area (TPSA) is 106 Å². The van der Waals surface area contributed by atoms with Gasteiger partial charge in [0.15, 0.2) is 0 Å². The van der Waals surface area contributed by atoms with Gasteiger partial charge in [0.05, 0.1) is 29.3 Å². The van der Waals surface area contributed by atoms with E-state index in [1.807, 2.05) is 20.8 Å². The molecule has 2 aromatic rings. The van der Waals surface area contributed by atoms with Gasteiger partial charge in [-0.2, -0.15) is 13.9 Å². The highest BCUT2D eigenvalue weighted by atomic mass is 19.3. The molecule has 0 aliphatic rings. The smallest absolute Gasteiger partial charge is 0.405 e. The van der Waals surface area contributed by atoms with Crippen molar-refractivity contribution in [3.8, 4) is 11.3 Å². The van der Waals surface area contributed by atoms with Crippen LogP contribution in [0.2, 0.25) is 0 Å². The fourth-order valence-corrected chi connectivity index (χ4v) is 2.83. The molecule has 2 heterocycles. The number of anilines is 1. The minimum atomic E-state index is -2.87. The summed E-state index contributed by atoms with van der Waals surface area (Å²) < 4.78 is 27.4. The van der Waals surface area contributed by atoms with Crippen LogP contribution in [0.25, 0.3) is 11.3 Å². The largest absolute Gasteiger partial charge is 0.465 e. The number of aromatic nitrogens is 3. The van der Waals surface area contributed by atoms with Crippen LogP contribution in [0.5, 0.6) is 0 Å². The lowest BCUT2D eigenvalue weighted by atomic mass is 9.83. The Morgan fingerprint density at radius 1 is 1.44 bits per heavy atom. The van der Waals surface area contributed by atoms with Gasteiger partial charge in [-0.3, -0.25) is 4.98 Å². The van der Waals surface area contributed by atoms with Crippen LogP contribution < -0.4 is 11.1 Å². The highest BCUT2D eigenvalue weighted by molar-refractivity contribution is 5.76. The van der Waals surface area contributed by atoms with Gasteiger partial charge in [0.2, 0.25) is 0 Å². The Balaban J connectivity index is 2.72. The van der Waals surface area contributed by atoms with Crippen molar-refractivity contribution >= 4 is 11.8 Å². The van der Waals surface area contributed by atoms with Crippen LogP contribution in [0.3, 0.4) is 0 Å². The van der Waals surface area contributed by atoms with Gasteiger partial charge in [-0.25, -0.2) is 9.48 Å². The number of rotatable bonds is 6. The van der Waals surface area contributed by atoms with Crippen molar-refractivity contribution in [1.29, 1.82) is 0 Å². The summed E-state index contributed by atoms with van der Waals surface area (Å²) in [5.41, 5.74) is 7.18. The molecule has 2 aromatic heterocycles. The Kier molecular flexibility index (Phi) is 5.82. The normalized spacial score (nSPS) is 12.8. The number of amides is 1. The summed E-state index contributed by atoms with van der Waals surface area (Å²) in [4.78, 5) is 15.4. The van der Waals surface area contributed by atoms with E-state index in [9.17, 15) is 13.6 Å². The number of nitrogens with zero attached hydrogens (tertiary/aromatic N) is 3. The molecule has 0 spiro atoms. The third-order valence-corrected chi connectivity index (χ3v) is 4.05. The molecule has 0 aliphatic carbocycles. The van der Waals surface area contributed by atoms with Gasteiger partial charge in [0, 0.05) is 11.8 Å². The summed E-state index contributed by atoms with van der Waals surface area (Å²) in [5.74, 6) is 0. The summed E-state index contributed by atoms with van der Waals surface area (Å²) in [5, 5.41) is 15.1. The van der Waals surface area contributed by atoms with Gasteiger partial charge >= 0.3 is 12.6 Å². The minimum Gasteiger partial charge on any atom is -0.465 e. The Labute approximate surface area is 155 Å². The molecule has 0 radical (unpaired) electrons. The Morgan fingerprint density at radius 2 is 2.11 bits per heavy atom.